The van der Waals surface area contributed by atoms with Crippen LogP contribution in [0.2, 0.25) is 0 Å². The van der Waals surface area contributed by atoms with Crippen molar-refractivity contribution in [1.29, 1.82) is 0 Å². The lowest BCUT2D eigenvalue weighted by atomic mass is 9.90. The molecule has 144 valence electrons. The highest BCUT2D eigenvalue weighted by Crippen LogP contribution is 2.28. The number of carbonyl (C=O) groups excluding carboxylic acids is 1. The third-order valence-electron chi connectivity index (χ3n) is 5.09. The van der Waals surface area contributed by atoms with Crippen LogP contribution in [0.3, 0.4) is 0 Å². The number of sulfone groups is 1. The van der Waals surface area contributed by atoms with E-state index in [1.165, 1.54) is 6.07 Å². The molecule has 1 atom stereocenters. The molecule has 3 rings (SSSR count). The summed E-state index contributed by atoms with van der Waals surface area (Å²) >= 11 is 0. The SMILES string of the molecule is CN1CCC(C)(CNC(=O)c2ccccc2S(=O)(=O)Cc2ccccc2)C1. The third kappa shape index (κ3) is 4.76. The molecule has 1 saturated heterocycles. The van der Waals surface area contributed by atoms with Gasteiger partial charge in [0.15, 0.2) is 9.84 Å². The molecular formula is C21H26N2O3S. The van der Waals surface area contributed by atoms with Crippen LogP contribution in [0.15, 0.2) is 59.5 Å². The Hall–Kier alpha value is -2.18. The maximum absolute atomic E-state index is 12.9. The van der Waals surface area contributed by atoms with E-state index in [2.05, 4.69) is 24.2 Å². The van der Waals surface area contributed by atoms with Crippen molar-refractivity contribution in [3.63, 3.8) is 0 Å². The minimum absolute atomic E-state index is 0.0161. The number of hydrogen-bond donors (Lipinski definition) is 1. The van der Waals surface area contributed by atoms with Gasteiger partial charge in [0.2, 0.25) is 0 Å². The molecule has 1 heterocycles. The number of likely N-dealkylation sites (tertiary alicyclic amines) is 1. The molecule has 1 fully saturated rings. The molecule has 1 N–H and O–H groups in total. The van der Waals surface area contributed by atoms with E-state index in [1.807, 2.05) is 18.2 Å². The van der Waals surface area contributed by atoms with Gasteiger partial charge >= 0.3 is 0 Å². The molecule has 0 spiro atoms. The van der Waals surface area contributed by atoms with Crippen molar-refractivity contribution in [1.82, 2.24) is 10.2 Å². The summed E-state index contributed by atoms with van der Waals surface area (Å²) in [6.45, 7) is 4.60. The van der Waals surface area contributed by atoms with Gasteiger partial charge in [-0.25, -0.2) is 8.42 Å². The second-order valence-corrected chi connectivity index (χ2v) is 9.68. The van der Waals surface area contributed by atoms with Crippen LogP contribution in [-0.4, -0.2) is 45.9 Å². The monoisotopic (exact) mass is 386 g/mol. The maximum Gasteiger partial charge on any atom is 0.252 e. The first kappa shape index (κ1) is 19.6. The Kier molecular flexibility index (Phi) is 5.67. The lowest BCUT2D eigenvalue weighted by Gasteiger charge is -2.24. The summed E-state index contributed by atoms with van der Waals surface area (Å²) in [5.74, 6) is -0.460. The van der Waals surface area contributed by atoms with Crippen LogP contribution in [-0.2, 0) is 15.6 Å². The molecule has 0 saturated carbocycles. The van der Waals surface area contributed by atoms with Crippen LogP contribution in [0.1, 0.15) is 29.3 Å². The minimum atomic E-state index is -3.62. The lowest BCUT2D eigenvalue weighted by Crippen LogP contribution is -2.37. The standard InChI is InChI=1S/C21H26N2O3S/c1-21(12-13-23(2)16-21)15-22-20(24)18-10-6-7-11-19(18)27(25,26)14-17-8-4-3-5-9-17/h3-11H,12-16H2,1-2H3,(H,22,24). The van der Waals surface area contributed by atoms with Crippen molar-refractivity contribution < 1.29 is 13.2 Å². The fourth-order valence-electron chi connectivity index (χ4n) is 3.60. The van der Waals surface area contributed by atoms with E-state index >= 15 is 0 Å². The highest BCUT2D eigenvalue weighted by Gasteiger charge is 2.32. The minimum Gasteiger partial charge on any atom is -0.351 e. The number of carbonyl (C=O) groups is 1. The Morgan fingerprint density at radius 3 is 2.44 bits per heavy atom. The quantitative estimate of drug-likeness (QED) is 0.829. The Balaban J connectivity index is 1.78. The van der Waals surface area contributed by atoms with Gasteiger partial charge in [-0.1, -0.05) is 49.4 Å². The van der Waals surface area contributed by atoms with Gasteiger partial charge in [-0.2, -0.15) is 0 Å². The van der Waals surface area contributed by atoms with E-state index in [9.17, 15) is 13.2 Å². The van der Waals surface area contributed by atoms with Gasteiger partial charge in [0.05, 0.1) is 16.2 Å². The number of hydrogen-bond acceptors (Lipinski definition) is 4. The molecule has 0 bridgehead atoms. The summed E-state index contributed by atoms with van der Waals surface area (Å²) in [5.41, 5.74) is 0.931. The summed E-state index contributed by atoms with van der Waals surface area (Å²) < 4.78 is 25.8. The average molecular weight is 387 g/mol. The van der Waals surface area contributed by atoms with Gasteiger partial charge in [0.25, 0.3) is 5.91 Å². The van der Waals surface area contributed by atoms with Crippen LogP contribution in [0, 0.1) is 5.41 Å². The van der Waals surface area contributed by atoms with Crippen molar-refractivity contribution in [2.24, 2.45) is 5.41 Å². The summed E-state index contributed by atoms with van der Waals surface area (Å²) in [5, 5.41) is 2.95. The van der Waals surface area contributed by atoms with Gasteiger partial charge in [-0.05, 0) is 43.1 Å². The zero-order valence-electron chi connectivity index (χ0n) is 15.8. The predicted octanol–water partition coefficient (Wildman–Crippen LogP) is 2.73. The van der Waals surface area contributed by atoms with Gasteiger partial charge in [-0.15, -0.1) is 0 Å². The molecule has 1 unspecified atom stereocenters. The molecule has 0 aliphatic carbocycles. The van der Waals surface area contributed by atoms with Crippen LogP contribution in [0.25, 0.3) is 0 Å². The normalized spacial score (nSPS) is 20.5. The van der Waals surface area contributed by atoms with E-state index in [1.54, 1.807) is 30.3 Å². The highest BCUT2D eigenvalue weighted by atomic mass is 32.2. The van der Waals surface area contributed by atoms with Gasteiger partial charge in [0, 0.05) is 13.1 Å². The Labute approximate surface area is 161 Å². The number of benzene rings is 2. The van der Waals surface area contributed by atoms with Gasteiger partial charge < -0.3 is 10.2 Å². The molecular weight excluding hydrogens is 360 g/mol. The maximum atomic E-state index is 12.9. The zero-order valence-corrected chi connectivity index (χ0v) is 16.6. The zero-order chi connectivity index (χ0) is 19.5. The van der Waals surface area contributed by atoms with E-state index < -0.39 is 9.84 Å². The molecule has 5 nitrogen and oxygen atoms in total. The average Bonchev–Trinajstić information content (AvgIpc) is 2.99. The van der Waals surface area contributed by atoms with E-state index in [0.717, 1.165) is 19.5 Å². The third-order valence-corrected chi connectivity index (χ3v) is 6.83. The van der Waals surface area contributed by atoms with E-state index in [-0.39, 0.29) is 27.5 Å². The summed E-state index contributed by atoms with van der Waals surface area (Å²) in [7, 11) is -1.55. The van der Waals surface area contributed by atoms with Crippen molar-refractivity contribution in [2.45, 2.75) is 24.0 Å². The highest BCUT2D eigenvalue weighted by molar-refractivity contribution is 7.90. The predicted molar refractivity (Wildman–Crippen MR) is 106 cm³/mol. The Bertz CT molecular complexity index is 912. The second-order valence-electron chi connectivity index (χ2n) is 7.72. The fraction of sp³-hybridized carbons (Fsp3) is 0.381. The first-order chi connectivity index (χ1) is 12.8. The molecule has 1 aliphatic heterocycles. The molecule has 1 amide bonds. The van der Waals surface area contributed by atoms with Crippen LogP contribution in [0.5, 0.6) is 0 Å². The summed E-state index contributed by atoms with van der Waals surface area (Å²) in [6.07, 6.45) is 1.01. The second kappa shape index (κ2) is 7.82. The molecule has 1 aliphatic rings. The van der Waals surface area contributed by atoms with Crippen LogP contribution >= 0.6 is 0 Å². The molecule has 0 radical (unpaired) electrons. The van der Waals surface area contributed by atoms with Crippen molar-refractivity contribution in [2.75, 3.05) is 26.7 Å². The number of nitrogens with zero attached hydrogens (tertiary/aromatic N) is 1. The topological polar surface area (TPSA) is 66.5 Å². The van der Waals surface area contributed by atoms with Crippen LogP contribution in [0.4, 0.5) is 0 Å². The van der Waals surface area contributed by atoms with Gasteiger partial charge in [-0.3, -0.25) is 4.79 Å². The van der Waals surface area contributed by atoms with Crippen molar-refractivity contribution in [3.05, 3.63) is 65.7 Å². The smallest absolute Gasteiger partial charge is 0.252 e. The molecule has 6 heteroatoms. The molecule has 2 aromatic carbocycles. The fourth-order valence-corrected chi connectivity index (χ4v) is 5.17. The van der Waals surface area contributed by atoms with E-state index in [0.29, 0.717) is 12.1 Å². The first-order valence-corrected chi connectivity index (χ1v) is 10.8. The van der Waals surface area contributed by atoms with Gasteiger partial charge in [0.1, 0.15) is 0 Å². The molecule has 2 aromatic rings. The Morgan fingerprint density at radius 2 is 1.78 bits per heavy atom. The number of amides is 1. The number of rotatable bonds is 6. The first-order valence-electron chi connectivity index (χ1n) is 9.12. The van der Waals surface area contributed by atoms with E-state index in [4.69, 9.17) is 0 Å². The lowest BCUT2D eigenvalue weighted by molar-refractivity contribution is 0.0931. The largest absolute Gasteiger partial charge is 0.351 e. The van der Waals surface area contributed by atoms with Crippen LogP contribution < -0.4 is 5.32 Å². The number of nitrogens with one attached hydrogen (secondary N) is 1. The molecule has 0 aromatic heterocycles. The summed E-state index contributed by atoms with van der Waals surface area (Å²) in [6, 6.07) is 15.5. The van der Waals surface area contributed by atoms with Crippen molar-refractivity contribution >= 4 is 15.7 Å². The van der Waals surface area contributed by atoms with Crippen molar-refractivity contribution in [3.8, 4) is 0 Å². The summed E-state index contributed by atoms with van der Waals surface area (Å²) in [4.78, 5) is 15.1. The molecule has 27 heavy (non-hydrogen) atoms. The Morgan fingerprint density at radius 1 is 1.11 bits per heavy atom.